The summed E-state index contributed by atoms with van der Waals surface area (Å²) in [4.78, 5) is 21.3. The summed E-state index contributed by atoms with van der Waals surface area (Å²) in [6.45, 7) is 1.82. The lowest BCUT2D eigenvalue weighted by molar-refractivity contribution is -0.113. The van der Waals surface area contributed by atoms with Gasteiger partial charge in [0.15, 0.2) is 0 Å². The molecule has 0 aliphatic carbocycles. The molecule has 1 aliphatic rings. The topological polar surface area (TPSA) is 105 Å². The van der Waals surface area contributed by atoms with Gasteiger partial charge in [-0.1, -0.05) is 18.2 Å². The van der Waals surface area contributed by atoms with Crippen LogP contribution in [0.3, 0.4) is 0 Å². The minimum atomic E-state index is -0.474. The molecular formula is C18H16N6O2. The predicted octanol–water partition coefficient (Wildman–Crippen LogP) is 2.31. The molecule has 0 saturated heterocycles. The van der Waals surface area contributed by atoms with Crippen LogP contribution in [0, 0.1) is 0 Å². The number of aromatic nitrogens is 4. The second-order valence-corrected chi connectivity index (χ2v) is 5.86. The Morgan fingerprint density at radius 1 is 1.19 bits per heavy atom. The van der Waals surface area contributed by atoms with Gasteiger partial charge in [-0.05, 0) is 36.8 Å². The molecule has 0 spiro atoms. The van der Waals surface area contributed by atoms with Crippen molar-refractivity contribution in [3.63, 3.8) is 0 Å². The van der Waals surface area contributed by atoms with Crippen LogP contribution in [0.1, 0.15) is 18.5 Å². The van der Waals surface area contributed by atoms with Gasteiger partial charge in [0.05, 0.1) is 5.57 Å². The standard InChI is InChI=1S/C18H16N6O2/c1-11-15(17(26)23-14-4-2-3-9-19-14)16(12-5-7-13(25)8-6-12)24-18(22-11)20-10-21-24/h2-10,16,25H,1H3,(H,19,23,26)(H,20,21,22)/t16-/m1/s1. The van der Waals surface area contributed by atoms with Gasteiger partial charge in [0.2, 0.25) is 5.95 Å². The van der Waals surface area contributed by atoms with Gasteiger partial charge in [-0.2, -0.15) is 10.1 Å². The highest BCUT2D eigenvalue weighted by atomic mass is 16.3. The minimum Gasteiger partial charge on any atom is -0.508 e. The Bertz CT molecular complexity index is 978. The van der Waals surface area contributed by atoms with E-state index in [-0.39, 0.29) is 11.7 Å². The number of aromatic hydroxyl groups is 1. The average molecular weight is 348 g/mol. The number of carbonyl (C=O) groups is 1. The Balaban J connectivity index is 1.77. The third-order valence-corrected chi connectivity index (χ3v) is 4.15. The van der Waals surface area contributed by atoms with Crippen molar-refractivity contribution in [1.82, 2.24) is 19.7 Å². The van der Waals surface area contributed by atoms with E-state index in [4.69, 9.17) is 0 Å². The van der Waals surface area contributed by atoms with Crippen LogP contribution in [-0.4, -0.2) is 30.8 Å². The van der Waals surface area contributed by atoms with Gasteiger partial charge in [-0.3, -0.25) is 4.79 Å². The molecule has 4 rings (SSSR count). The first-order chi connectivity index (χ1) is 12.6. The Morgan fingerprint density at radius 3 is 2.73 bits per heavy atom. The first kappa shape index (κ1) is 15.8. The van der Waals surface area contributed by atoms with Gasteiger partial charge in [0.25, 0.3) is 5.91 Å². The highest BCUT2D eigenvalue weighted by Crippen LogP contribution is 2.35. The van der Waals surface area contributed by atoms with E-state index in [0.717, 1.165) is 5.56 Å². The molecule has 0 unspecified atom stereocenters. The fraction of sp³-hybridized carbons (Fsp3) is 0.111. The molecule has 0 bridgehead atoms. The summed E-state index contributed by atoms with van der Waals surface area (Å²) in [7, 11) is 0. The minimum absolute atomic E-state index is 0.154. The number of hydrogen-bond donors (Lipinski definition) is 3. The fourth-order valence-corrected chi connectivity index (χ4v) is 2.97. The zero-order valence-corrected chi connectivity index (χ0v) is 13.9. The summed E-state index contributed by atoms with van der Waals surface area (Å²) in [5.74, 6) is 0.885. The molecule has 1 aliphatic heterocycles. The predicted molar refractivity (Wildman–Crippen MR) is 95.5 cm³/mol. The fourth-order valence-electron chi connectivity index (χ4n) is 2.97. The molecule has 8 heteroatoms. The van der Waals surface area contributed by atoms with Crippen LogP contribution >= 0.6 is 0 Å². The number of nitrogens with one attached hydrogen (secondary N) is 2. The number of carbonyl (C=O) groups excluding carboxylic acids is 1. The van der Waals surface area contributed by atoms with Crippen LogP contribution in [-0.2, 0) is 4.79 Å². The molecule has 3 heterocycles. The first-order valence-corrected chi connectivity index (χ1v) is 8.02. The largest absolute Gasteiger partial charge is 0.508 e. The summed E-state index contributed by atoms with van der Waals surface area (Å²) in [6, 6.07) is 11.5. The lowest BCUT2D eigenvalue weighted by Gasteiger charge is -2.28. The molecule has 0 saturated carbocycles. The summed E-state index contributed by atoms with van der Waals surface area (Å²) in [6.07, 6.45) is 3.05. The number of anilines is 2. The molecule has 1 aromatic carbocycles. The van der Waals surface area contributed by atoms with Crippen molar-refractivity contribution in [2.75, 3.05) is 10.6 Å². The number of allylic oxidation sites excluding steroid dienone is 1. The molecule has 0 radical (unpaired) electrons. The summed E-state index contributed by atoms with van der Waals surface area (Å²) in [5, 5.41) is 19.8. The smallest absolute Gasteiger partial charge is 0.257 e. The number of benzene rings is 1. The molecule has 8 nitrogen and oxygen atoms in total. The number of rotatable bonds is 3. The number of hydrogen-bond acceptors (Lipinski definition) is 6. The van der Waals surface area contributed by atoms with Crippen LogP contribution in [0.4, 0.5) is 11.8 Å². The quantitative estimate of drug-likeness (QED) is 0.671. The van der Waals surface area contributed by atoms with E-state index in [9.17, 15) is 9.90 Å². The molecule has 130 valence electrons. The second-order valence-electron chi connectivity index (χ2n) is 5.86. The van der Waals surface area contributed by atoms with Crippen molar-refractivity contribution in [3.8, 4) is 5.75 Å². The third-order valence-electron chi connectivity index (χ3n) is 4.15. The van der Waals surface area contributed by atoms with Gasteiger partial charge in [0, 0.05) is 11.9 Å². The molecule has 1 amide bonds. The summed E-state index contributed by atoms with van der Waals surface area (Å²) in [5.41, 5.74) is 1.98. The van der Waals surface area contributed by atoms with Crippen molar-refractivity contribution in [1.29, 1.82) is 0 Å². The first-order valence-electron chi connectivity index (χ1n) is 8.02. The van der Waals surface area contributed by atoms with Crippen molar-refractivity contribution in [2.24, 2.45) is 0 Å². The van der Waals surface area contributed by atoms with Crippen molar-refractivity contribution < 1.29 is 9.90 Å². The Morgan fingerprint density at radius 2 is 2.00 bits per heavy atom. The van der Waals surface area contributed by atoms with Crippen LogP contribution in [0.25, 0.3) is 0 Å². The number of amides is 1. The van der Waals surface area contributed by atoms with Crippen LogP contribution in [0.5, 0.6) is 5.75 Å². The molecule has 26 heavy (non-hydrogen) atoms. The van der Waals surface area contributed by atoms with E-state index in [1.165, 1.54) is 6.33 Å². The average Bonchev–Trinajstić information content (AvgIpc) is 3.10. The van der Waals surface area contributed by atoms with Crippen LogP contribution in [0.15, 0.2) is 66.3 Å². The second kappa shape index (κ2) is 6.32. The molecule has 3 aromatic rings. The van der Waals surface area contributed by atoms with Gasteiger partial charge < -0.3 is 15.7 Å². The lowest BCUT2D eigenvalue weighted by Crippen LogP contribution is -2.31. The molecular weight excluding hydrogens is 332 g/mol. The Labute approximate surface area is 149 Å². The van der Waals surface area contributed by atoms with Gasteiger partial charge >= 0.3 is 0 Å². The highest BCUT2D eigenvalue weighted by Gasteiger charge is 2.33. The van der Waals surface area contributed by atoms with E-state index >= 15 is 0 Å². The van der Waals surface area contributed by atoms with E-state index in [0.29, 0.717) is 23.0 Å². The van der Waals surface area contributed by atoms with Crippen molar-refractivity contribution >= 4 is 17.7 Å². The highest BCUT2D eigenvalue weighted by molar-refractivity contribution is 6.05. The lowest BCUT2D eigenvalue weighted by atomic mass is 9.95. The number of pyridine rings is 1. The normalized spacial score (nSPS) is 16.0. The zero-order chi connectivity index (χ0) is 18.1. The number of phenols is 1. The molecule has 2 aromatic heterocycles. The SMILES string of the molecule is CC1=C(C(=O)Nc2ccccn2)[C@@H](c2ccc(O)cc2)n2ncnc2N1. The summed E-state index contributed by atoms with van der Waals surface area (Å²) < 4.78 is 1.65. The summed E-state index contributed by atoms with van der Waals surface area (Å²) >= 11 is 0. The van der Waals surface area contributed by atoms with Gasteiger partial charge in [0.1, 0.15) is 23.9 Å². The molecule has 0 fully saturated rings. The maximum Gasteiger partial charge on any atom is 0.257 e. The van der Waals surface area contributed by atoms with Crippen LogP contribution in [0.2, 0.25) is 0 Å². The van der Waals surface area contributed by atoms with Crippen molar-refractivity contribution in [3.05, 3.63) is 71.8 Å². The van der Waals surface area contributed by atoms with Gasteiger partial charge in [-0.15, -0.1) is 0 Å². The van der Waals surface area contributed by atoms with Crippen LogP contribution < -0.4 is 10.6 Å². The maximum absolute atomic E-state index is 13.0. The van der Waals surface area contributed by atoms with E-state index in [1.54, 1.807) is 53.3 Å². The number of phenolic OH excluding ortho intramolecular Hbond substituents is 1. The van der Waals surface area contributed by atoms with E-state index in [2.05, 4.69) is 25.7 Å². The van der Waals surface area contributed by atoms with Gasteiger partial charge in [-0.25, -0.2) is 9.67 Å². The Hall–Kier alpha value is -3.68. The molecule has 3 N–H and O–H groups in total. The number of nitrogens with zero attached hydrogens (tertiary/aromatic N) is 4. The van der Waals surface area contributed by atoms with Crippen molar-refractivity contribution in [2.45, 2.75) is 13.0 Å². The maximum atomic E-state index is 13.0. The van der Waals surface area contributed by atoms with E-state index < -0.39 is 6.04 Å². The third kappa shape index (κ3) is 2.77. The monoisotopic (exact) mass is 348 g/mol. The Kier molecular flexibility index (Phi) is 3.85. The zero-order valence-electron chi connectivity index (χ0n) is 13.9. The number of fused-ring (bicyclic) bond motifs is 1. The molecule has 1 atom stereocenters. The van der Waals surface area contributed by atoms with E-state index in [1.807, 2.05) is 6.92 Å².